The Labute approximate surface area is 114 Å². The monoisotopic (exact) mass is 268 g/mol. The van der Waals surface area contributed by atoms with Crippen molar-refractivity contribution in [1.29, 1.82) is 0 Å². The van der Waals surface area contributed by atoms with Gasteiger partial charge in [-0.25, -0.2) is 4.79 Å². The molecule has 0 saturated carbocycles. The van der Waals surface area contributed by atoms with Gasteiger partial charge in [0.1, 0.15) is 12.4 Å². The van der Waals surface area contributed by atoms with E-state index >= 15 is 0 Å². The van der Waals surface area contributed by atoms with Crippen LogP contribution in [-0.4, -0.2) is 63.1 Å². The Hall–Kier alpha value is -1.43. The lowest BCUT2D eigenvalue weighted by atomic mass is 10.2. The third kappa shape index (κ3) is 5.38. The molecule has 0 heterocycles. The quantitative estimate of drug-likeness (QED) is 0.590. The molecule has 0 aliphatic heterocycles. The van der Waals surface area contributed by atoms with Crippen LogP contribution in [0.5, 0.6) is 5.75 Å². The maximum atomic E-state index is 12.0. The van der Waals surface area contributed by atoms with E-state index in [9.17, 15) is 4.79 Å². The molecule has 0 saturated heterocycles. The predicted octanol–water partition coefficient (Wildman–Crippen LogP) is 0.921. The fourth-order valence-electron chi connectivity index (χ4n) is 1.47. The molecule has 106 valence electrons. The molecule has 5 nitrogen and oxygen atoms in total. The van der Waals surface area contributed by atoms with Crippen molar-refractivity contribution >= 4 is 5.91 Å². The zero-order valence-electron chi connectivity index (χ0n) is 11.8. The van der Waals surface area contributed by atoms with E-state index in [2.05, 4.69) is 0 Å². The lowest BCUT2D eigenvalue weighted by Gasteiger charge is -2.20. The minimum Gasteiger partial charge on any atom is -0.491 e. The number of rotatable bonds is 7. The molecule has 0 fully saturated rings. The van der Waals surface area contributed by atoms with Crippen LogP contribution in [0.3, 0.4) is 0 Å². The zero-order chi connectivity index (χ0) is 14.3. The number of carbonyl (C=O) groups is 1. The summed E-state index contributed by atoms with van der Waals surface area (Å²) in [6.45, 7) is 1.19. The Morgan fingerprint density at radius 1 is 1.11 bits per heavy atom. The van der Waals surface area contributed by atoms with Gasteiger partial charge in [-0.2, -0.15) is 0 Å². The molecule has 5 heteroatoms. The van der Waals surface area contributed by atoms with Crippen LogP contribution < -0.4 is 4.74 Å². The average molecular weight is 268 g/mol. The standard InChI is InChI=1S/C14H22NO4/c1-15(2,3)14(17)12-4-6-13(7-5-12)19-11-10-18-9-8-16/h4-7,16H,8-11H2,1-3H3/q+1. The molecule has 1 N–H and O–H groups in total. The lowest BCUT2D eigenvalue weighted by Crippen LogP contribution is -2.41. The molecule has 1 aromatic rings. The van der Waals surface area contributed by atoms with Crippen LogP contribution in [0.2, 0.25) is 0 Å². The molecule has 0 atom stereocenters. The van der Waals surface area contributed by atoms with Crippen LogP contribution in [0.1, 0.15) is 10.4 Å². The van der Waals surface area contributed by atoms with Gasteiger partial charge in [0.15, 0.2) is 0 Å². The van der Waals surface area contributed by atoms with E-state index in [0.717, 1.165) is 0 Å². The van der Waals surface area contributed by atoms with E-state index in [4.69, 9.17) is 14.6 Å². The minimum atomic E-state index is 0.0157. The zero-order valence-corrected chi connectivity index (χ0v) is 11.8. The Morgan fingerprint density at radius 2 is 1.74 bits per heavy atom. The highest BCUT2D eigenvalue weighted by Crippen LogP contribution is 2.14. The second-order valence-electron chi connectivity index (χ2n) is 5.03. The normalized spacial score (nSPS) is 11.4. The van der Waals surface area contributed by atoms with Crippen LogP contribution in [0.15, 0.2) is 24.3 Å². The van der Waals surface area contributed by atoms with E-state index < -0.39 is 0 Å². The number of carbonyl (C=O) groups excluding carboxylic acids is 1. The number of hydrogen-bond donors (Lipinski definition) is 1. The van der Waals surface area contributed by atoms with Gasteiger partial charge in [0.05, 0.1) is 46.5 Å². The van der Waals surface area contributed by atoms with Gasteiger partial charge in [-0.05, 0) is 24.3 Å². The van der Waals surface area contributed by atoms with E-state index in [-0.39, 0.29) is 17.0 Å². The molecular weight excluding hydrogens is 246 g/mol. The summed E-state index contributed by atoms with van der Waals surface area (Å²) < 4.78 is 10.8. The van der Waals surface area contributed by atoms with Gasteiger partial charge < -0.3 is 14.6 Å². The van der Waals surface area contributed by atoms with Crippen LogP contribution in [-0.2, 0) is 4.74 Å². The summed E-state index contributed by atoms with van der Waals surface area (Å²) in [5, 5.41) is 8.53. The van der Waals surface area contributed by atoms with E-state index in [1.54, 1.807) is 24.3 Å². The number of benzene rings is 1. The van der Waals surface area contributed by atoms with Gasteiger partial charge in [-0.1, -0.05) is 0 Å². The van der Waals surface area contributed by atoms with Gasteiger partial charge in [-0.15, -0.1) is 0 Å². The van der Waals surface area contributed by atoms with Crippen molar-refractivity contribution in [2.24, 2.45) is 0 Å². The second-order valence-corrected chi connectivity index (χ2v) is 5.03. The first-order valence-electron chi connectivity index (χ1n) is 6.23. The van der Waals surface area contributed by atoms with Crippen molar-refractivity contribution in [2.75, 3.05) is 47.6 Å². The second kappa shape index (κ2) is 7.23. The van der Waals surface area contributed by atoms with E-state index in [1.165, 1.54) is 0 Å². The molecule has 0 aliphatic carbocycles. The maximum absolute atomic E-state index is 12.0. The highest BCUT2D eigenvalue weighted by atomic mass is 16.5. The summed E-state index contributed by atoms with van der Waals surface area (Å²) in [7, 11) is 5.52. The van der Waals surface area contributed by atoms with E-state index in [1.807, 2.05) is 21.1 Å². The van der Waals surface area contributed by atoms with Crippen molar-refractivity contribution in [3.05, 3.63) is 29.8 Å². The fourth-order valence-corrected chi connectivity index (χ4v) is 1.47. The summed E-state index contributed by atoms with van der Waals surface area (Å²) in [5.41, 5.74) is 0.663. The number of ether oxygens (including phenoxy) is 2. The SMILES string of the molecule is C[N+](C)(C)C(=O)c1ccc(OCCOCCO)cc1. The van der Waals surface area contributed by atoms with Gasteiger partial charge >= 0.3 is 5.91 Å². The summed E-state index contributed by atoms with van der Waals surface area (Å²) in [4.78, 5) is 12.0. The van der Waals surface area contributed by atoms with Crippen LogP contribution >= 0.6 is 0 Å². The minimum absolute atomic E-state index is 0.0157. The predicted molar refractivity (Wildman–Crippen MR) is 72.2 cm³/mol. The number of aliphatic hydroxyl groups excluding tert-OH is 1. The highest BCUT2D eigenvalue weighted by Gasteiger charge is 2.22. The molecule has 1 amide bonds. The van der Waals surface area contributed by atoms with E-state index in [0.29, 0.717) is 31.1 Å². The first-order chi connectivity index (χ1) is 8.95. The molecule has 0 bridgehead atoms. The van der Waals surface area contributed by atoms with Crippen LogP contribution in [0.25, 0.3) is 0 Å². The smallest absolute Gasteiger partial charge is 0.345 e. The molecule has 1 aromatic carbocycles. The Kier molecular flexibility index (Phi) is 5.95. The Balaban J connectivity index is 2.46. The van der Waals surface area contributed by atoms with Crippen LogP contribution in [0.4, 0.5) is 0 Å². The topological polar surface area (TPSA) is 55.8 Å². The summed E-state index contributed by atoms with van der Waals surface area (Å²) >= 11 is 0. The van der Waals surface area contributed by atoms with Crippen molar-refractivity contribution in [1.82, 2.24) is 0 Å². The average Bonchev–Trinajstić information content (AvgIpc) is 2.37. The fraction of sp³-hybridized carbons (Fsp3) is 0.500. The largest absolute Gasteiger partial charge is 0.491 e. The highest BCUT2D eigenvalue weighted by molar-refractivity contribution is 5.88. The first-order valence-corrected chi connectivity index (χ1v) is 6.23. The summed E-state index contributed by atoms with van der Waals surface area (Å²) in [6.07, 6.45) is 0. The molecular formula is C14H22NO4+. The third-order valence-corrected chi connectivity index (χ3v) is 2.44. The van der Waals surface area contributed by atoms with Crippen molar-refractivity contribution < 1.29 is 23.9 Å². The Bertz CT molecular complexity index is 395. The lowest BCUT2D eigenvalue weighted by molar-refractivity contribution is -0.785. The number of hydrogen-bond acceptors (Lipinski definition) is 4. The number of amides is 1. The van der Waals surface area contributed by atoms with Gasteiger partial charge in [0.25, 0.3) is 0 Å². The number of aliphatic hydroxyl groups is 1. The van der Waals surface area contributed by atoms with Crippen molar-refractivity contribution in [3.63, 3.8) is 0 Å². The van der Waals surface area contributed by atoms with Gasteiger partial charge in [0.2, 0.25) is 0 Å². The molecule has 0 spiro atoms. The molecule has 19 heavy (non-hydrogen) atoms. The summed E-state index contributed by atoms with van der Waals surface area (Å²) in [6, 6.07) is 7.06. The third-order valence-electron chi connectivity index (χ3n) is 2.44. The summed E-state index contributed by atoms with van der Waals surface area (Å²) in [5.74, 6) is 0.753. The van der Waals surface area contributed by atoms with Crippen molar-refractivity contribution in [3.8, 4) is 5.75 Å². The van der Waals surface area contributed by atoms with Gasteiger partial charge in [0, 0.05) is 0 Å². The number of nitrogens with zero attached hydrogens (tertiary/aromatic N) is 1. The van der Waals surface area contributed by atoms with Gasteiger partial charge in [-0.3, -0.25) is 4.48 Å². The first kappa shape index (κ1) is 15.6. The molecule has 1 rings (SSSR count). The molecule has 0 aromatic heterocycles. The van der Waals surface area contributed by atoms with Crippen molar-refractivity contribution in [2.45, 2.75) is 0 Å². The molecule has 0 radical (unpaired) electrons. The molecule has 0 unspecified atom stereocenters. The van der Waals surface area contributed by atoms with Crippen LogP contribution in [0, 0.1) is 0 Å². The number of quaternary nitrogens is 1. The molecule has 0 aliphatic rings. The maximum Gasteiger partial charge on any atom is 0.345 e. The Morgan fingerprint density at radius 3 is 2.26 bits per heavy atom.